The van der Waals surface area contributed by atoms with Crippen molar-refractivity contribution in [3.05, 3.63) is 65.2 Å². The highest BCUT2D eigenvalue weighted by Crippen LogP contribution is 2.35. The Bertz CT molecular complexity index is 1090. The number of nitrogen functional groups attached to an aromatic ring is 1. The number of benzene rings is 3. The summed E-state index contributed by atoms with van der Waals surface area (Å²) in [6.07, 6.45) is 0. The molecule has 0 saturated carbocycles. The number of hydrogen-bond donors (Lipinski definition) is 2. The van der Waals surface area contributed by atoms with Crippen molar-refractivity contribution in [3.8, 4) is 17.2 Å². The molecule has 0 spiro atoms. The van der Waals surface area contributed by atoms with Gasteiger partial charge in [0.25, 0.3) is 11.8 Å². The predicted octanol–water partition coefficient (Wildman–Crippen LogP) is 2.84. The number of anilines is 1. The summed E-state index contributed by atoms with van der Waals surface area (Å²) in [6.45, 7) is 0. The van der Waals surface area contributed by atoms with Gasteiger partial charge in [0.05, 0.1) is 22.4 Å². The van der Waals surface area contributed by atoms with E-state index in [1.54, 1.807) is 6.07 Å². The Balaban J connectivity index is 2.03. The molecule has 0 aliphatic carbocycles. The molecule has 4 rings (SSSR count). The van der Waals surface area contributed by atoms with E-state index in [-0.39, 0.29) is 22.4 Å². The first kappa shape index (κ1) is 14.0. The van der Waals surface area contributed by atoms with Crippen LogP contribution in [0.2, 0.25) is 0 Å². The van der Waals surface area contributed by atoms with E-state index in [0.29, 0.717) is 5.56 Å². The lowest BCUT2D eigenvalue weighted by molar-refractivity contribution is 0.0880. The Morgan fingerprint density at radius 3 is 2.42 bits per heavy atom. The van der Waals surface area contributed by atoms with Gasteiger partial charge in [-0.3, -0.25) is 14.9 Å². The van der Waals surface area contributed by atoms with E-state index >= 15 is 0 Å². The molecule has 0 fully saturated rings. The van der Waals surface area contributed by atoms with Crippen LogP contribution >= 0.6 is 0 Å². The number of nitrogens with zero attached hydrogens (tertiary/aromatic N) is 1. The number of rotatable bonds is 1. The first-order valence-corrected chi connectivity index (χ1v) is 7.31. The molecule has 24 heavy (non-hydrogen) atoms. The summed E-state index contributed by atoms with van der Waals surface area (Å²) in [7, 11) is 0. The third kappa shape index (κ3) is 1.87. The van der Waals surface area contributed by atoms with Crippen LogP contribution in [0.5, 0.6) is 0 Å². The fourth-order valence-corrected chi connectivity index (χ4v) is 3.07. The molecule has 3 aromatic carbocycles. The molecule has 1 heterocycles. The Labute approximate surface area is 137 Å². The molecule has 0 aromatic heterocycles. The third-order valence-corrected chi connectivity index (χ3v) is 4.24. The van der Waals surface area contributed by atoms with Crippen molar-refractivity contribution in [3.63, 3.8) is 0 Å². The summed E-state index contributed by atoms with van der Waals surface area (Å²) >= 11 is 0. The topological polar surface area (TPSA) is 96.0 Å². The molecule has 2 amide bonds. The van der Waals surface area contributed by atoms with Crippen LogP contribution in [0.1, 0.15) is 26.3 Å². The van der Waals surface area contributed by atoms with Gasteiger partial charge >= 0.3 is 0 Å². The van der Waals surface area contributed by atoms with Gasteiger partial charge in [-0.1, -0.05) is 36.4 Å². The van der Waals surface area contributed by atoms with Crippen molar-refractivity contribution in [2.75, 3.05) is 5.73 Å². The van der Waals surface area contributed by atoms with Crippen LogP contribution in [0.15, 0.2) is 48.5 Å². The van der Waals surface area contributed by atoms with E-state index < -0.39 is 11.8 Å². The third-order valence-electron chi connectivity index (χ3n) is 4.24. The van der Waals surface area contributed by atoms with Crippen LogP contribution in [0.4, 0.5) is 5.69 Å². The molecule has 0 saturated heterocycles. The fourth-order valence-electron chi connectivity index (χ4n) is 3.07. The van der Waals surface area contributed by atoms with Gasteiger partial charge in [-0.15, -0.1) is 0 Å². The van der Waals surface area contributed by atoms with Crippen molar-refractivity contribution in [1.29, 1.82) is 5.26 Å². The average molecular weight is 313 g/mol. The standard InChI is InChI=1S/C19H11N3O2/c20-9-15-13(8-14-16(17(15)21)19(24)22-18(14)23)12-6-5-10-3-1-2-4-11(10)7-12/h1-8H,21H2,(H,22,23,24). The molecular weight excluding hydrogens is 302 g/mol. The minimum absolute atomic E-state index is 0.0431. The number of fused-ring (bicyclic) bond motifs is 2. The molecule has 0 bridgehead atoms. The molecule has 114 valence electrons. The molecule has 3 aromatic rings. The second kappa shape index (κ2) is 4.93. The molecule has 5 nitrogen and oxygen atoms in total. The second-order valence-corrected chi connectivity index (χ2v) is 5.59. The lowest BCUT2D eigenvalue weighted by Gasteiger charge is -2.11. The van der Waals surface area contributed by atoms with Crippen LogP contribution in [-0.2, 0) is 0 Å². The minimum Gasteiger partial charge on any atom is -0.397 e. The average Bonchev–Trinajstić information content (AvgIpc) is 2.88. The van der Waals surface area contributed by atoms with Gasteiger partial charge in [0.15, 0.2) is 0 Å². The SMILES string of the molecule is N#Cc1c(-c2ccc3ccccc3c2)cc2c(c1N)C(=O)NC2=O. The van der Waals surface area contributed by atoms with E-state index in [0.717, 1.165) is 16.3 Å². The molecule has 0 radical (unpaired) electrons. The Kier molecular flexibility index (Phi) is 2.87. The number of carbonyl (C=O) groups excluding carboxylic acids is 2. The van der Waals surface area contributed by atoms with Crippen LogP contribution in [0.3, 0.4) is 0 Å². The summed E-state index contributed by atoms with van der Waals surface area (Å²) < 4.78 is 0. The number of hydrogen-bond acceptors (Lipinski definition) is 4. The van der Waals surface area contributed by atoms with Gasteiger partial charge in [-0.2, -0.15) is 5.26 Å². The highest BCUT2D eigenvalue weighted by atomic mass is 16.2. The summed E-state index contributed by atoms with van der Waals surface area (Å²) in [5, 5.41) is 13.8. The normalized spacial score (nSPS) is 12.8. The first-order valence-electron chi connectivity index (χ1n) is 7.31. The van der Waals surface area contributed by atoms with Crippen molar-refractivity contribution >= 4 is 28.3 Å². The number of nitriles is 1. The molecule has 1 aliphatic rings. The minimum atomic E-state index is -0.561. The van der Waals surface area contributed by atoms with Gasteiger partial charge < -0.3 is 5.73 Å². The van der Waals surface area contributed by atoms with Gasteiger partial charge in [0, 0.05) is 5.56 Å². The molecule has 1 aliphatic heterocycles. The van der Waals surface area contributed by atoms with Crippen molar-refractivity contribution in [2.24, 2.45) is 0 Å². The Morgan fingerprint density at radius 1 is 0.917 bits per heavy atom. The quantitative estimate of drug-likeness (QED) is 0.533. The van der Waals surface area contributed by atoms with Crippen LogP contribution < -0.4 is 11.1 Å². The first-order chi connectivity index (χ1) is 11.6. The zero-order chi connectivity index (χ0) is 16.8. The van der Waals surface area contributed by atoms with Crippen LogP contribution in [0, 0.1) is 11.3 Å². The maximum Gasteiger partial charge on any atom is 0.261 e. The predicted molar refractivity (Wildman–Crippen MR) is 90.3 cm³/mol. The number of imide groups is 1. The maximum absolute atomic E-state index is 12.0. The lowest BCUT2D eigenvalue weighted by Crippen LogP contribution is -2.20. The lowest BCUT2D eigenvalue weighted by atomic mass is 9.92. The van der Waals surface area contributed by atoms with E-state index in [9.17, 15) is 14.9 Å². The molecule has 0 unspecified atom stereocenters. The van der Waals surface area contributed by atoms with Crippen LogP contribution in [0.25, 0.3) is 21.9 Å². The molecule has 0 atom stereocenters. The summed E-state index contributed by atoms with van der Waals surface area (Å²) in [5.41, 5.74) is 7.87. The van der Waals surface area contributed by atoms with Crippen molar-refractivity contribution in [1.82, 2.24) is 5.32 Å². The largest absolute Gasteiger partial charge is 0.397 e. The molecule has 5 heteroatoms. The highest BCUT2D eigenvalue weighted by molar-refractivity contribution is 6.24. The summed E-state index contributed by atoms with van der Waals surface area (Å²) in [5.74, 6) is -1.05. The van der Waals surface area contributed by atoms with E-state index in [1.807, 2.05) is 42.5 Å². The van der Waals surface area contributed by atoms with Gasteiger partial charge in [0.1, 0.15) is 6.07 Å². The van der Waals surface area contributed by atoms with Gasteiger partial charge in [-0.05, 0) is 28.5 Å². The molecular formula is C19H11N3O2. The van der Waals surface area contributed by atoms with E-state index in [2.05, 4.69) is 11.4 Å². The Hall–Kier alpha value is -3.65. The van der Waals surface area contributed by atoms with Crippen LogP contribution in [-0.4, -0.2) is 11.8 Å². The van der Waals surface area contributed by atoms with Crippen molar-refractivity contribution < 1.29 is 9.59 Å². The maximum atomic E-state index is 12.0. The monoisotopic (exact) mass is 313 g/mol. The van der Waals surface area contributed by atoms with Crippen molar-refractivity contribution in [2.45, 2.75) is 0 Å². The number of nitrogens with one attached hydrogen (secondary N) is 1. The summed E-state index contributed by atoms with van der Waals surface area (Å²) in [4.78, 5) is 23.8. The zero-order valence-electron chi connectivity index (χ0n) is 12.5. The van der Waals surface area contributed by atoms with Gasteiger partial charge in [0.2, 0.25) is 0 Å². The number of amides is 2. The smallest absolute Gasteiger partial charge is 0.261 e. The van der Waals surface area contributed by atoms with E-state index in [1.165, 1.54) is 0 Å². The zero-order valence-corrected chi connectivity index (χ0v) is 12.5. The molecule has 3 N–H and O–H groups in total. The number of carbonyl (C=O) groups is 2. The Morgan fingerprint density at radius 2 is 1.67 bits per heavy atom. The fraction of sp³-hybridized carbons (Fsp3) is 0. The second-order valence-electron chi connectivity index (χ2n) is 5.59. The highest BCUT2D eigenvalue weighted by Gasteiger charge is 2.32. The van der Waals surface area contributed by atoms with E-state index in [4.69, 9.17) is 5.73 Å². The van der Waals surface area contributed by atoms with Gasteiger partial charge in [-0.25, -0.2) is 0 Å². The summed E-state index contributed by atoms with van der Waals surface area (Å²) in [6, 6.07) is 17.2. The number of nitrogens with two attached hydrogens (primary N) is 1.